The topological polar surface area (TPSA) is 172 Å². The van der Waals surface area contributed by atoms with E-state index in [0.29, 0.717) is 25.7 Å². The molecular weight excluding hydrogens is 620 g/mol. The van der Waals surface area contributed by atoms with Crippen LogP contribution in [0.1, 0.15) is 92.9 Å². The first-order valence-corrected chi connectivity index (χ1v) is 17.9. The number of methoxy groups -OCH3 is 1. The van der Waals surface area contributed by atoms with Crippen molar-refractivity contribution in [1.29, 1.82) is 0 Å². The molecule has 4 aliphatic carbocycles. The Morgan fingerprint density at radius 3 is 2.23 bits per heavy atom. The van der Waals surface area contributed by atoms with Crippen LogP contribution in [0.2, 0.25) is 0 Å². The minimum Gasteiger partial charge on any atom is -0.469 e. The van der Waals surface area contributed by atoms with Gasteiger partial charge in [-0.2, -0.15) is 0 Å². The van der Waals surface area contributed by atoms with E-state index in [9.17, 15) is 35.1 Å². The quantitative estimate of drug-likeness (QED) is 0.207. The molecule has 0 radical (unpaired) electrons. The molecule has 0 bridgehead atoms. The van der Waals surface area contributed by atoms with E-state index in [-0.39, 0.29) is 52.8 Å². The SMILES string of the molecule is C=C(C)[C@@H]1CC[C@]2(C(=O)O[C@@H]3O[C@H](CO)[C@@H](O)[C@H](O)[C@H]3O)CC[C@]3(C)[C@H](C[C@@H](O)[C@@H]4[C@@]5(C)C(CC(=O)OC)OC(C)(C)[C@@H]5CC[C@]43C)[C@@H]12. The van der Waals surface area contributed by atoms with Gasteiger partial charge in [-0.15, -0.1) is 0 Å². The maximum Gasteiger partial charge on any atom is 0.314 e. The van der Waals surface area contributed by atoms with Crippen molar-refractivity contribution < 1.29 is 54.1 Å². The molecule has 4 saturated carbocycles. The van der Waals surface area contributed by atoms with Crippen LogP contribution in [0.5, 0.6) is 0 Å². The molecule has 0 amide bonds. The van der Waals surface area contributed by atoms with Gasteiger partial charge in [-0.05, 0) is 106 Å². The number of hydrogen-bond donors (Lipinski definition) is 5. The number of ether oxygens (including phenoxy) is 4. The number of esters is 2. The van der Waals surface area contributed by atoms with Crippen molar-refractivity contribution in [1.82, 2.24) is 0 Å². The van der Waals surface area contributed by atoms with Crippen molar-refractivity contribution in [2.24, 2.45) is 51.2 Å². The number of rotatable bonds is 6. The van der Waals surface area contributed by atoms with E-state index < -0.39 is 71.9 Å². The standard InChI is InChI=1S/C37H58O11/c1-18(2)19-9-12-37(32(44)47-31-29(43)28(42)27(41)22(17-38)46-31)14-13-34(5)20(26(19)37)15-21(39)30-35(34,6)11-10-23-33(3,4)48-24(36(23,30)7)16-25(40)45-8/h19-24,26-31,38-39,41-43H,1,9-17H2,2-8H3/t19-,20+,21+,22+,23-,24?,26+,27+,28-,29+,30-,31-,34+,35+,36+,37-/m0/s1. The van der Waals surface area contributed by atoms with Gasteiger partial charge in [0.05, 0.1) is 43.4 Å². The highest BCUT2D eigenvalue weighted by atomic mass is 16.7. The lowest BCUT2D eigenvalue weighted by molar-refractivity contribution is -0.299. The van der Waals surface area contributed by atoms with Crippen LogP contribution >= 0.6 is 0 Å². The first kappa shape index (κ1) is 36.2. The number of hydrogen-bond acceptors (Lipinski definition) is 11. The predicted molar refractivity (Wildman–Crippen MR) is 173 cm³/mol. The van der Waals surface area contributed by atoms with Gasteiger partial charge in [-0.1, -0.05) is 32.9 Å². The van der Waals surface area contributed by atoms with Gasteiger partial charge in [0.1, 0.15) is 24.4 Å². The zero-order valence-corrected chi connectivity index (χ0v) is 29.7. The number of fused-ring (bicyclic) bond motifs is 7. The summed E-state index contributed by atoms with van der Waals surface area (Å²) in [5.74, 6) is -1.09. The zero-order chi connectivity index (χ0) is 35.4. The number of carbonyl (C=O) groups excluding carboxylic acids is 2. The van der Waals surface area contributed by atoms with Gasteiger partial charge in [0, 0.05) is 5.41 Å². The minimum atomic E-state index is -1.68. The molecule has 272 valence electrons. The van der Waals surface area contributed by atoms with Crippen LogP contribution in [0, 0.1) is 51.2 Å². The Kier molecular flexibility index (Phi) is 9.04. The van der Waals surface area contributed by atoms with E-state index >= 15 is 0 Å². The van der Waals surface area contributed by atoms with Crippen LogP contribution in [0.15, 0.2) is 12.2 Å². The lowest BCUT2D eigenvalue weighted by Gasteiger charge is -2.71. The summed E-state index contributed by atoms with van der Waals surface area (Å²) in [7, 11) is 1.39. The van der Waals surface area contributed by atoms with Crippen molar-refractivity contribution in [2.45, 2.75) is 141 Å². The molecular formula is C37H58O11. The van der Waals surface area contributed by atoms with Crippen LogP contribution in [0.25, 0.3) is 0 Å². The van der Waals surface area contributed by atoms with E-state index in [1.807, 2.05) is 6.92 Å². The van der Waals surface area contributed by atoms with E-state index in [1.165, 1.54) is 7.11 Å². The maximum absolute atomic E-state index is 14.5. The summed E-state index contributed by atoms with van der Waals surface area (Å²) in [6.45, 7) is 16.8. The average molecular weight is 679 g/mol. The van der Waals surface area contributed by atoms with Crippen molar-refractivity contribution in [3.8, 4) is 0 Å². The van der Waals surface area contributed by atoms with Gasteiger partial charge in [-0.25, -0.2) is 0 Å². The molecule has 11 heteroatoms. The van der Waals surface area contributed by atoms with Gasteiger partial charge < -0.3 is 44.5 Å². The number of allylic oxidation sites excluding steroid dienone is 1. The lowest BCUT2D eigenvalue weighted by Crippen LogP contribution is -2.69. The summed E-state index contributed by atoms with van der Waals surface area (Å²) in [5, 5.41) is 53.5. The predicted octanol–water partition coefficient (Wildman–Crippen LogP) is 2.88. The second-order valence-corrected chi connectivity index (χ2v) is 17.4. The zero-order valence-electron chi connectivity index (χ0n) is 29.7. The van der Waals surface area contributed by atoms with Gasteiger partial charge in [-0.3, -0.25) is 9.59 Å². The smallest absolute Gasteiger partial charge is 0.314 e. The molecule has 48 heavy (non-hydrogen) atoms. The summed E-state index contributed by atoms with van der Waals surface area (Å²) in [6, 6.07) is 0. The molecule has 11 nitrogen and oxygen atoms in total. The highest BCUT2D eigenvalue weighted by Crippen LogP contribution is 2.77. The first-order valence-electron chi connectivity index (χ1n) is 17.9. The molecule has 6 rings (SSSR count). The van der Waals surface area contributed by atoms with Gasteiger partial charge in [0.15, 0.2) is 0 Å². The maximum atomic E-state index is 14.5. The third-order valence-electron chi connectivity index (χ3n) is 15.2. The van der Waals surface area contributed by atoms with Gasteiger partial charge in [0.25, 0.3) is 0 Å². The van der Waals surface area contributed by atoms with Crippen molar-refractivity contribution >= 4 is 11.9 Å². The summed E-state index contributed by atoms with van der Waals surface area (Å²) in [6.07, 6.45) is -3.83. The summed E-state index contributed by atoms with van der Waals surface area (Å²) >= 11 is 0. The number of aliphatic hydroxyl groups excluding tert-OH is 5. The van der Waals surface area contributed by atoms with E-state index in [4.69, 9.17) is 18.9 Å². The van der Waals surface area contributed by atoms with E-state index in [2.05, 4.69) is 41.2 Å². The Labute approximate surface area is 284 Å². The van der Waals surface area contributed by atoms with Gasteiger partial charge in [0.2, 0.25) is 6.29 Å². The third kappa shape index (κ3) is 4.84. The van der Waals surface area contributed by atoms with Crippen molar-refractivity contribution in [3.63, 3.8) is 0 Å². The molecule has 6 fully saturated rings. The minimum absolute atomic E-state index is 0.0112. The van der Waals surface area contributed by atoms with Crippen LogP contribution in [0.3, 0.4) is 0 Å². The van der Waals surface area contributed by atoms with Crippen molar-refractivity contribution in [2.75, 3.05) is 13.7 Å². The van der Waals surface area contributed by atoms with Crippen molar-refractivity contribution in [3.05, 3.63) is 12.2 Å². The fraction of sp³-hybridized carbons (Fsp3) is 0.892. The molecule has 6 aliphatic rings. The molecule has 5 N–H and O–H groups in total. The second kappa shape index (κ2) is 12.0. The fourth-order valence-electron chi connectivity index (χ4n) is 12.8. The molecule has 0 spiro atoms. The van der Waals surface area contributed by atoms with Crippen LogP contribution in [0.4, 0.5) is 0 Å². The normalized spacial score (nSPS) is 52.3. The summed E-state index contributed by atoms with van der Waals surface area (Å²) in [5.41, 5.74) is -1.52. The van der Waals surface area contributed by atoms with E-state index in [1.54, 1.807) is 0 Å². The molecule has 0 aromatic carbocycles. The molecule has 16 atom stereocenters. The summed E-state index contributed by atoms with van der Waals surface area (Å²) < 4.78 is 23.3. The van der Waals surface area contributed by atoms with Crippen LogP contribution in [-0.4, -0.2) is 99.7 Å². The second-order valence-electron chi connectivity index (χ2n) is 17.4. The molecule has 0 aromatic rings. The fourth-order valence-corrected chi connectivity index (χ4v) is 12.8. The average Bonchev–Trinajstić information content (AvgIpc) is 3.51. The lowest BCUT2D eigenvalue weighted by atomic mass is 9.33. The summed E-state index contributed by atoms with van der Waals surface area (Å²) in [4.78, 5) is 27.1. The Bertz CT molecular complexity index is 1300. The molecule has 0 aromatic heterocycles. The molecule has 2 aliphatic heterocycles. The third-order valence-corrected chi connectivity index (χ3v) is 15.2. The largest absolute Gasteiger partial charge is 0.469 e. The molecule has 2 saturated heterocycles. The molecule has 1 unspecified atom stereocenters. The Hall–Kier alpha value is -1.60. The Balaban J connectivity index is 1.37. The highest BCUT2D eigenvalue weighted by molar-refractivity contribution is 5.78. The van der Waals surface area contributed by atoms with Gasteiger partial charge >= 0.3 is 11.9 Å². The van der Waals surface area contributed by atoms with E-state index in [0.717, 1.165) is 24.8 Å². The highest BCUT2D eigenvalue weighted by Gasteiger charge is 2.76. The number of aliphatic hydroxyl groups is 5. The van der Waals surface area contributed by atoms with Crippen LogP contribution < -0.4 is 0 Å². The monoisotopic (exact) mass is 678 g/mol. The Morgan fingerprint density at radius 2 is 1.60 bits per heavy atom. The first-order chi connectivity index (χ1) is 22.3. The number of carbonyl (C=O) groups is 2. The molecule has 2 heterocycles. The Morgan fingerprint density at radius 1 is 0.917 bits per heavy atom. The van der Waals surface area contributed by atoms with Crippen LogP contribution in [-0.2, 0) is 28.5 Å².